The molecule has 0 heterocycles. The average Bonchev–Trinajstić information content (AvgIpc) is 1.59. The Kier molecular flexibility index (Phi) is 7.42. The Bertz CT molecular complexity index is 165. The number of hydrogen-bond acceptors (Lipinski definition) is 3. The van der Waals surface area contributed by atoms with E-state index in [1.54, 1.807) is 0 Å². The standard InChI is InChI=1S/C4H11NO3S.Na/c1-4(2)3-8-9(5,6)7;/h4H,3H2,1-2H3,(H2,5,6,7);. The van der Waals surface area contributed by atoms with Gasteiger partial charge in [0.1, 0.15) is 0 Å². The molecule has 0 aliphatic carbocycles. The van der Waals surface area contributed by atoms with Gasteiger partial charge in [-0.1, -0.05) is 13.8 Å². The Balaban J connectivity index is 0. The van der Waals surface area contributed by atoms with Crippen LogP contribution in [0.2, 0.25) is 0 Å². The molecule has 0 amide bonds. The van der Waals surface area contributed by atoms with Crippen molar-refractivity contribution in [1.82, 2.24) is 0 Å². The Hall–Kier alpha value is 0.870. The van der Waals surface area contributed by atoms with Crippen molar-refractivity contribution in [2.45, 2.75) is 13.8 Å². The van der Waals surface area contributed by atoms with Crippen molar-refractivity contribution < 1.29 is 12.6 Å². The second kappa shape index (κ2) is 5.51. The summed E-state index contributed by atoms with van der Waals surface area (Å²) >= 11 is 0. The van der Waals surface area contributed by atoms with Crippen molar-refractivity contribution >= 4 is 39.9 Å². The van der Waals surface area contributed by atoms with Crippen LogP contribution in [0.15, 0.2) is 0 Å². The first-order chi connectivity index (χ1) is 3.92. The molecule has 0 rings (SSSR count). The van der Waals surface area contributed by atoms with E-state index in [1.165, 1.54) is 0 Å². The van der Waals surface area contributed by atoms with E-state index in [0.29, 0.717) is 0 Å². The molecule has 0 aliphatic rings. The first-order valence-electron chi connectivity index (χ1n) is 2.59. The molecule has 1 radical (unpaired) electrons. The fraction of sp³-hybridized carbons (Fsp3) is 1.00. The van der Waals surface area contributed by atoms with E-state index < -0.39 is 10.3 Å². The van der Waals surface area contributed by atoms with Crippen molar-refractivity contribution in [2.75, 3.05) is 6.61 Å². The van der Waals surface area contributed by atoms with E-state index in [0.717, 1.165) is 0 Å². The van der Waals surface area contributed by atoms with E-state index in [-0.39, 0.29) is 42.1 Å². The Morgan fingerprint density at radius 3 is 2.00 bits per heavy atom. The van der Waals surface area contributed by atoms with Crippen LogP contribution in [0, 0.1) is 5.92 Å². The smallest absolute Gasteiger partial charge is 0.258 e. The van der Waals surface area contributed by atoms with Crippen LogP contribution in [0.5, 0.6) is 0 Å². The van der Waals surface area contributed by atoms with Crippen molar-refractivity contribution in [2.24, 2.45) is 11.1 Å². The number of nitrogens with two attached hydrogens (primary N) is 1. The topological polar surface area (TPSA) is 69.4 Å². The molecule has 0 aromatic heterocycles. The maximum Gasteiger partial charge on any atom is 0.333 e. The molecule has 2 N–H and O–H groups in total. The summed E-state index contributed by atoms with van der Waals surface area (Å²) in [6.45, 7) is 3.83. The van der Waals surface area contributed by atoms with Crippen LogP contribution >= 0.6 is 0 Å². The molecule has 0 atom stereocenters. The summed E-state index contributed by atoms with van der Waals surface area (Å²) in [5, 5.41) is 4.53. The molecule has 4 nitrogen and oxygen atoms in total. The summed E-state index contributed by atoms with van der Waals surface area (Å²) in [5.74, 6) is 0.184. The summed E-state index contributed by atoms with van der Waals surface area (Å²) in [6, 6.07) is 0. The minimum atomic E-state index is -3.72. The normalized spacial score (nSPS) is 11.2. The van der Waals surface area contributed by atoms with Crippen LogP contribution in [-0.4, -0.2) is 44.6 Å². The minimum absolute atomic E-state index is 0. The fourth-order valence-electron chi connectivity index (χ4n) is 0.231. The van der Waals surface area contributed by atoms with Gasteiger partial charge in [-0.25, -0.2) is 5.14 Å². The molecular weight excluding hydrogens is 165 g/mol. The predicted octanol–water partition coefficient (Wildman–Crippen LogP) is -0.518. The molecule has 0 saturated carbocycles. The van der Waals surface area contributed by atoms with Crippen LogP contribution in [-0.2, 0) is 14.5 Å². The largest absolute Gasteiger partial charge is 0.333 e. The molecule has 6 heteroatoms. The first-order valence-corrected chi connectivity index (χ1v) is 4.06. The summed E-state index contributed by atoms with van der Waals surface area (Å²) in [6.07, 6.45) is 0. The van der Waals surface area contributed by atoms with Crippen molar-refractivity contribution in [1.29, 1.82) is 0 Å². The third-order valence-corrected chi connectivity index (χ3v) is 1.03. The van der Waals surface area contributed by atoms with E-state index >= 15 is 0 Å². The van der Waals surface area contributed by atoms with Gasteiger partial charge in [0, 0.05) is 29.6 Å². The molecule has 10 heavy (non-hydrogen) atoms. The van der Waals surface area contributed by atoms with Crippen LogP contribution in [0.25, 0.3) is 0 Å². The average molecular weight is 176 g/mol. The van der Waals surface area contributed by atoms with Gasteiger partial charge in [0.25, 0.3) is 0 Å². The molecule has 0 aromatic carbocycles. The van der Waals surface area contributed by atoms with Gasteiger partial charge in [0.2, 0.25) is 0 Å². The second-order valence-electron chi connectivity index (χ2n) is 2.17. The van der Waals surface area contributed by atoms with Gasteiger partial charge in [0.05, 0.1) is 6.61 Å². The zero-order valence-electron chi connectivity index (χ0n) is 6.49. The van der Waals surface area contributed by atoms with E-state index in [2.05, 4.69) is 9.32 Å². The van der Waals surface area contributed by atoms with Crippen LogP contribution < -0.4 is 5.14 Å². The first kappa shape index (κ1) is 13.5. The van der Waals surface area contributed by atoms with Crippen molar-refractivity contribution in [3.05, 3.63) is 0 Å². The van der Waals surface area contributed by atoms with E-state index in [1.807, 2.05) is 13.8 Å². The zero-order valence-corrected chi connectivity index (χ0v) is 9.31. The molecule has 0 spiro atoms. The summed E-state index contributed by atoms with van der Waals surface area (Å²) in [4.78, 5) is 0. The number of rotatable bonds is 3. The van der Waals surface area contributed by atoms with E-state index in [9.17, 15) is 8.42 Å². The Labute approximate surface area is 83.7 Å². The van der Waals surface area contributed by atoms with Gasteiger partial charge in [0.15, 0.2) is 0 Å². The van der Waals surface area contributed by atoms with E-state index in [4.69, 9.17) is 0 Å². The summed E-state index contributed by atoms with van der Waals surface area (Å²) in [5.41, 5.74) is 0. The van der Waals surface area contributed by atoms with Gasteiger partial charge in [-0.15, -0.1) is 0 Å². The third-order valence-electron chi connectivity index (χ3n) is 0.566. The summed E-state index contributed by atoms with van der Waals surface area (Å²) in [7, 11) is -3.72. The molecule has 0 aliphatic heterocycles. The van der Waals surface area contributed by atoms with Crippen LogP contribution in [0.3, 0.4) is 0 Å². The zero-order chi connectivity index (χ0) is 7.49. The molecular formula is C4H11NNaO3S. The molecule has 0 aromatic rings. The molecule has 0 unspecified atom stereocenters. The van der Waals surface area contributed by atoms with Gasteiger partial charge < -0.3 is 0 Å². The monoisotopic (exact) mass is 176 g/mol. The molecule has 0 fully saturated rings. The fourth-order valence-corrected chi connectivity index (χ4v) is 0.693. The molecule has 57 valence electrons. The van der Waals surface area contributed by atoms with Gasteiger partial charge in [-0.3, -0.25) is 4.18 Å². The third kappa shape index (κ3) is 11.6. The van der Waals surface area contributed by atoms with Gasteiger partial charge in [-0.05, 0) is 5.92 Å². The van der Waals surface area contributed by atoms with Crippen LogP contribution in [0.4, 0.5) is 0 Å². The van der Waals surface area contributed by atoms with Gasteiger partial charge >= 0.3 is 10.3 Å². The second-order valence-corrected chi connectivity index (χ2v) is 3.39. The van der Waals surface area contributed by atoms with Crippen molar-refractivity contribution in [3.63, 3.8) is 0 Å². The maximum absolute atomic E-state index is 10.1. The minimum Gasteiger partial charge on any atom is -0.258 e. The SMILES string of the molecule is CC(C)COS(N)(=O)=O.[Na]. The Morgan fingerprint density at radius 1 is 1.50 bits per heavy atom. The van der Waals surface area contributed by atoms with Gasteiger partial charge in [-0.2, -0.15) is 8.42 Å². The molecule has 0 saturated heterocycles. The maximum atomic E-state index is 10.1. The van der Waals surface area contributed by atoms with Crippen molar-refractivity contribution in [3.8, 4) is 0 Å². The molecule has 0 bridgehead atoms. The van der Waals surface area contributed by atoms with Crippen LogP contribution in [0.1, 0.15) is 13.8 Å². The summed E-state index contributed by atoms with van der Waals surface area (Å²) < 4.78 is 24.4. The number of hydrogen-bond donors (Lipinski definition) is 1. The Morgan fingerprint density at radius 2 is 1.90 bits per heavy atom. The predicted molar refractivity (Wildman–Crippen MR) is 39.7 cm³/mol. The quantitative estimate of drug-likeness (QED) is 0.588.